The van der Waals surface area contributed by atoms with Gasteiger partial charge in [-0.15, -0.1) is 0 Å². The zero-order valence-electron chi connectivity index (χ0n) is 32.8. The molecule has 1 aliphatic rings. The van der Waals surface area contributed by atoms with Gasteiger partial charge < -0.3 is 18.9 Å². The van der Waals surface area contributed by atoms with Gasteiger partial charge in [-0.05, 0) is 89.4 Å². The van der Waals surface area contributed by atoms with Gasteiger partial charge in [0.05, 0.1) is 27.8 Å². The molecule has 5 heteroatoms. The summed E-state index contributed by atoms with van der Waals surface area (Å²) in [6.07, 6.45) is 0. The minimum atomic E-state index is 0.865. The van der Waals surface area contributed by atoms with Gasteiger partial charge in [-0.2, -0.15) is 0 Å². The van der Waals surface area contributed by atoms with E-state index in [0.717, 1.165) is 61.6 Å². The lowest BCUT2D eigenvalue weighted by atomic mass is 9.59. The van der Waals surface area contributed by atoms with Gasteiger partial charge in [0, 0.05) is 55.1 Å². The Labute approximate surface area is 346 Å². The van der Waals surface area contributed by atoms with Crippen LogP contribution in [0.1, 0.15) is 5.56 Å². The van der Waals surface area contributed by atoms with Crippen LogP contribution >= 0.6 is 0 Å². The molecule has 0 bridgehead atoms. The van der Waals surface area contributed by atoms with Crippen molar-refractivity contribution in [1.82, 2.24) is 9.13 Å². The van der Waals surface area contributed by atoms with Crippen LogP contribution in [0.4, 0.5) is 11.4 Å². The van der Waals surface area contributed by atoms with E-state index in [9.17, 15) is 0 Å². The summed E-state index contributed by atoms with van der Waals surface area (Å²) in [4.78, 5) is 0. The van der Waals surface area contributed by atoms with E-state index in [2.05, 4.69) is 211 Å². The number of furan rings is 1. The molecule has 279 valence electrons. The van der Waals surface area contributed by atoms with E-state index in [0.29, 0.717) is 0 Å². The van der Waals surface area contributed by atoms with E-state index in [4.69, 9.17) is 4.42 Å². The van der Waals surface area contributed by atoms with Crippen LogP contribution in [0.3, 0.4) is 0 Å². The number of para-hydroxylation sites is 3. The molecule has 60 heavy (non-hydrogen) atoms. The number of aromatic nitrogens is 2. The van der Waals surface area contributed by atoms with Crippen molar-refractivity contribution in [3.63, 3.8) is 0 Å². The molecule has 0 saturated carbocycles. The Hall–Kier alpha value is -7.76. The summed E-state index contributed by atoms with van der Waals surface area (Å²) in [7, 11) is 2.40. The van der Waals surface area contributed by atoms with E-state index in [1.165, 1.54) is 65.4 Å². The molecule has 0 atom stereocenters. The van der Waals surface area contributed by atoms with Crippen molar-refractivity contribution >= 4 is 94.9 Å². The summed E-state index contributed by atoms with van der Waals surface area (Å²) in [5.41, 5.74) is 16.9. The molecule has 4 nitrogen and oxygen atoms in total. The van der Waals surface area contributed by atoms with E-state index in [1.54, 1.807) is 0 Å². The molecule has 0 amide bonds. The van der Waals surface area contributed by atoms with Crippen LogP contribution < -0.4 is 16.2 Å². The lowest BCUT2D eigenvalue weighted by Crippen LogP contribution is -2.37. The molecule has 1 radical (unpaired) electrons. The average molecular weight is 765 g/mol. The molecule has 12 aromatic rings. The van der Waals surface area contributed by atoms with E-state index < -0.39 is 0 Å². The van der Waals surface area contributed by atoms with Crippen molar-refractivity contribution in [3.8, 4) is 33.8 Å². The van der Waals surface area contributed by atoms with Crippen LogP contribution in [0.5, 0.6) is 0 Å². The topological polar surface area (TPSA) is 35.0 Å². The van der Waals surface area contributed by atoms with Gasteiger partial charge in [0.2, 0.25) is 0 Å². The third-order valence-corrected chi connectivity index (χ3v) is 12.6. The van der Waals surface area contributed by atoms with Crippen LogP contribution in [0.15, 0.2) is 192 Å². The maximum absolute atomic E-state index is 6.62. The Morgan fingerprint density at radius 2 is 1.20 bits per heavy atom. The highest BCUT2D eigenvalue weighted by Gasteiger charge is 2.31. The number of anilines is 2. The highest BCUT2D eigenvalue weighted by atomic mass is 16.3. The minimum absolute atomic E-state index is 0.865. The highest BCUT2D eigenvalue weighted by molar-refractivity contribution is 6.74. The van der Waals surface area contributed by atoms with Gasteiger partial charge in [0.25, 0.3) is 0 Å². The second-order valence-corrected chi connectivity index (χ2v) is 16.1. The first-order valence-electron chi connectivity index (χ1n) is 20.6. The normalized spacial score (nSPS) is 12.2. The second-order valence-electron chi connectivity index (χ2n) is 16.1. The first-order valence-corrected chi connectivity index (χ1v) is 20.6. The Morgan fingerprint density at radius 1 is 0.500 bits per heavy atom. The van der Waals surface area contributed by atoms with Crippen LogP contribution in [-0.4, -0.2) is 16.4 Å². The summed E-state index contributed by atoms with van der Waals surface area (Å²) in [6.45, 7) is 2.13. The fourth-order valence-corrected chi connectivity index (χ4v) is 9.88. The SMILES string of the molecule is Cc1ccc(Nc2ccccc2-c2cc(-n3c4ccccc4c4ccccc43)c3c4c5ccccc5ccc4n4c3c2[B]c2cc3oc(-c5ccccc5)cc3cc2-4)cc1. The molecule has 1 N–H and O–H groups in total. The predicted octanol–water partition coefficient (Wildman–Crippen LogP) is 13.1. The summed E-state index contributed by atoms with van der Waals surface area (Å²) in [5.74, 6) is 0.865. The van der Waals surface area contributed by atoms with Gasteiger partial charge >= 0.3 is 0 Å². The van der Waals surface area contributed by atoms with Crippen molar-refractivity contribution in [1.29, 1.82) is 0 Å². The molecule has 1 aliphatic heterocycles. The summed E-state index contributed by atoms with van der Waals surface area (Å²) < 4.78 is 11.7. The molecule has 13 rings (SSSR count). The first-order chi connectivity index (χ1) is 29.7. The van der Waals surface area contributed by atoms with Crippen LogP contribution in [0.25, 0.3) is 99.2 Å². The molecule has 0 aliphatic carbocycles. The summed E-state index contributed by atoms with van der Waals surface area (Å²) >= 11 is 0. The van der Waals surface area contributed by atoms with Crippen molar-refractivity contribution in [2.45, 2.75) is 6.92 Å². The quantitative estimate of drug-likeness (QED) is 0.177. The number of rotatable bonds is 5. The Kier molecular flexibility index (Phi) is 6.99. The highest BCUT2D eigenvalue weighted by Crippen LogP contribution is 2.45. The summed E-state index contributed by atoms with van der Waals surface area (Å²) in [5, 5.41) is 12.3. The van der Waals surface area contributed by atoms with Gasteiger partial charge in [0.1, 0.15) is 11.3 Å². The van der Waals surface area contributed by atoms with Crippen LogP contribution in [-0.2, 0) is 0 Å². The Balaban J connectivity index is 1.20. The maximum atomic E-state index is 6.62. The molecule has 4 heterocycles. The maximum Gasteiger partial charge on any atom is 0.198 e. The zero-order valence-corrected chi connectivity index (χ0v) is 32.8. The van der Waals surface area contributed by atoms with Crippen LogP contribution in [0, 0.1) is 6.92 Å². The molecule has 9 aromatic carbocycles. The van der Waals surface area contributed by atoms with Gasteiger partial charge in [0.15, 0.2) is 7.28 Å². The smallest absolute Gasteiger partial charge is 0.198 e. The third-order valence-electron chi connectivity index (χ3n) is 12.6. The number of nitrogens with one attached hydrogen (secondary N) is 1. The first kappa shape index (κ1) is 33.2. The molecule has 0 spiro atoms. The number of fused-ring (bicyclic) bond motifs is 11. The third kappa shape index (κ3) is 4.80. The van der Waals surface area contributed by atoms with Gasteiger partial charge in [-0.25, -0.2) is 0 Å². The molecule has 0 fully saturated rings. The summed E-state index contributed by atoms with van der Waals surface area (Å²) in [6, 6.07) is 68.1. The Bertz CT molecular complexity index is 3670. The number of aryl methyl sites for hydroxylation is 1. The van der Waals surface area contributed by atoms with Crippen molar-refractivity contribution in [3.05, 3.63) is 194 Å². The van der Waals surface area contributed by atoms with E-state index in [-0.39, 0.29) is 0 Å². The van der Waals surface area contributed by atoms with Gasteiger partial charge in [-0.3, -0.25) is 0 Å². The number of nitrogens with zero attached hydrogens (tertiary/aromatic N) is 2. The van der Waals surface area contributed by atoms with Crippen molar-refractivity contribution in [2.75, 3.05) is 5.32 Å². The van der Waals surface area contributed by atoms with Crippen molar-refractivity contribution < 1.29 is 4.42 Å². The number of hydrogen-bond acceptors (Lipinski definition) is 2. The molecular weight excluding hydrogens is 729 g/mol. The molecule has 3 aromatic heterocycles. The molecular formula is C55H35BN3O. The number of hydrogen-bond donors (Lipinski definition) is 1. The molecule has 0 saturated heterocycles. The van der Waals surface area contributed by atoms with Gasteiger partial charge in [-0.1, -0.05) is 138 Å². The fraction of sp³-hybridized carbons (Fsp3) is 0.0182. The molecule has 0 unspecified atom stereocenters. The monoisotopic (exact) mass is 764 g/mol. The lowest BCUT2D eigenvalue weighted by molar-refractivity contribution is 0.632. The minimum Gasteiger partial charge on any atom is -0.456 e. The largest absolute Gasteiger partial charge is 0.456 e. The number of benzene rings is 9. The van der Waals surface area contributed by atoms with Crippen molar-refractivity contribution in [2.24, 2.45) is 0 Å². The average Bonchev–Trinajstić information content (AvgIpc) is 3.98. The predicted molar refractivity (Wildman–Crippen MR) is 253 cm³/mol. The lowest BCUT2D eigenvalue weighted by Gasteiger charge is -2.25. The zero-order chi connectivity index (χ0) is 39.5. The second kappa shape index (κ2) is 12.6. The Morgan fingerprint density at radius 3 is 2.00 bits per heavy atom. The van der Waals surface area contributed by atoms with E-state index >= 15 is 0 Å². The van der Waals surface area contributed by atoms with Crippen LogP contribution in [0.2, 0.25) is 0 Å². The van der Waals surface area contributed by atoms with E-state index in [1.807, 2.05) is 6.07 Å². The fourth-order valence-electron chi connectivity index (χ4n) is 9.88. The standard InChI is InChI=1S/C55H35BN3O/c1-33-23-26-37(27-24-33)57-44-20-10-7-17-39(44)42-31-49(58-45-21-11-8-18-40(45)41-19-9-12-22-46(41)58)53-52-38-16-6-5-13-34(38)25-28-47(52)59-48-29-36-30-50(35-14-3-2-4-15-35)60-51(36)32-43(48)56-54(42)55(53)59/h2-32,57H,1H3.